The largest absolute Gasteiger partial charge is 0.398 e. The molecule has 0 saturated heterocycles. The molecule has 0 atom stereocenters. The first-order valence-electron chi connectivity index (χ1n) is 6.43. The predicted molar refractivity (Wildman–Crippen MR) is 80.3 cm³/mol. The van der Waals surface area contributed by atoms with E-state index in [0.29, 0.717) is 16.7 Å². The topological polar surface area (TPSA) is 72.2 Å². The zero-order valence-electron chi connectivity index (χ0n) is 10.9. The van der Waals surface area contributed by atoms with Crippen molar-refractivity contribution in [1.29, 1.82) is 0 Å². The Balaban J connectivity index is 2.11. The third kappa shape index (κ3) is 3.12. The molecule has 0 amide bonds. The fourth-order valence-corrected chi connectivity index (χ4v) is 4.05. The first kappa shape index (κ1) is 14.8. The average molecular weight is 347 g/mol. The summed E-state index contributed by atoms with van der Waals surface area (Å²) in [5.74, 6) is 0. The summed E-state index contributed by atoms with van der Waals surface area (Å²) >= 11 is 3.25. The predicted octanol–water partition coefficient (Wildman–Crippen LogP) is 2.89. The molecule has 4 nitrogen and oxygen atoms in total. The molecular weight excluding hydrogens is 328 g/mol. The van der Waals surface area contributed by atoms with Crippen LogP contribution in [0.1, 0.15) is 32.6 Å². The number of sulfonamides is 1. The number of rotatable bonds is 5. The van der Waals surface area contributed by atoms with Crippen molar-refractivity contribution in [1.82, 2.24) is 4.72 Å². The molecule has 106 valence electrons. The average Bonchev–Trinajstić information content (AvgIpc) is 2.31. The van der Waals surface area contributed by atoms with Crippen LogP contribution in [-0.2, 0) is 10.0 Å². The van der Waals surface area contributed by atoms with Crippen LogP contribution in [0, 0.1) is 5.41 Å². The summed E-state index contributed by atoms with van der Waals surface area (Å²) in [6.07, 6.45) is 4.43. The van der Waals surface area contributed by atoms with Crippen molar-refractivity contribution in [3.63, 3.8) is 0 Å². The molecule has 1 aromatic rings. The van der Waals surface area contributed by atoms with Gasteiger partial charge in [0.2, 0.25) is 10.0 Å². The Bertz CT molecular complexity index is 562. The van der Waals surface area contributed by atoms with Gasteiger partial charge in [-0.05, 0) is 58.8 Å². The number of benzene rings is 1. The summed E-state index contributed by atoms with van der Waals surface area (Å²) in [6.45, 7) is 2.64. The minimum Gasteiger partial charge on any atom is -0.398 e. The molecule has 1 aliphatic rings. The first-order valence-corrected chi connectivity index (χ1v) is 8.71. The van der Waals surface area contributed by atoms with E-state index in [1.54, 1.807) is 6.07 Å². The van der Waals surface area contributed by atoms with Gasteiger partial charge in [0, 0.05) is 16.7 Å². The van der Waals surface area contributed by atoms with Crippen LogP contribution in [0.15, 0.2) is 27.6 Å². The normalized spacial score (nSPS) is 18.0. The second-order valence-corrected chi connectivity index (χ2v) is 7.84. The second-order valence-electron chi connectivity index (χ2n) is 5.21. The Kier molecular flexibility index (Phi) is 4.23. The van der Waals surface area contributed by atoms with Gasteiger partial charge >= 0.3 is 0 Å². The molecular formula is C13H19BrN2O2S. The molecule has 2 rings (SSSR count). The lowest BCUT2D eigenvalue weighted by Gasteiger charge is -2.41. The van der Waals surface area contributed by atoms with Gasteiger partial charge in [0.15, 0.2) is 0 Å². The molecule has 0 aromatic heterocycles. The molecule has 0 heterocycles. The maximum Gasteiger partial charge on any atom is 0.240 e. The maximum absolute atomic E-state index is 12.2. The fourth-order valence-electron chi connectivity index (χ4n) is 2.34. The molecule has 0 aliphatic heterocycles. The first-order chi connectivity index (χ1) is 8.88. The van der Waals surface area contributed by atoms with Crippen molar-refractivity contribution in [2.75, 3.05) is 12.3 Å². The zero-order valence-corrected chi connectivity index (χ0v) is 13.4. The highest BCUT2D eigenvalue weighted by molar-refractivity contribution is 9.10. The van der Waals surface area contributed by atoms with E-state index >= 15 is 0 Å². The van der Waals surface area contributed by atoms with E-state index in [1.807, 2.05) is 0 Å². The monoisotopic (exact) mass is 346 g/mol. The van der Waals surface area contributed by atoms with Crippen molar-refractivity contribution >= 4 is 31.6 Å². The molecule has 0 spiro atoms. The van der Waals surface area contributed by atoms with Crippen molar-refractivity contribution in [3.05, 3.63) is 22.7 Å². The quantitative estimate of drug-likeness (QED) is 0.805. The summed E-state index contributed by atoms with van der Waals surface area (Å²) in [5.41, 5.74) is 6.36. The second kappa shape index (κ2) is 5.42. The van der Waals surface area contributed by atoms with Crippen LogP contribution in [0.25, 0.3) is 0 Å². The molecule has 0 radical (unpaired) electrons. The van der Waals surface area contributed by atoms with Crippen molar-refractivity contribution < 1.29 is 8.42 Å². The number of nitrogen functional groups attached to an aromatic ring is 1. The SMILES string of the molecule is CCC1(CNS(=O)(=O)c2ccc(N)c(Br)c2)CCC1. The van der Waals surface area contributed by atoms with E-state index in [1.165, 1.54) is 18.6 Å². The Hall–Kier alpha value is -0.590. The van der Waals surface area contributed by atoms with Gasteiger partial charge < -0.3 is 5.73 Å². The lowest BCUT2D eigenvalue weighted by atomic mass is 9.67. The molecule has 1 saturated carbocycles. The highest BCUT2D eigenvalue weighted by Gasteiger charge is 2.36. The van der Waals surface area contributed by atoms with Crippen molar-refractivity contribution in [3.8, 4) is 0 Å². The van der Waals surface area contributed by atoms with Crippen LogP contribution in [0.5, 0.6) is 0 Å². The Morgan fingerprint density at radius 3 is 2.58 bits per heavy atom. The molecule has 19 heavy (non-hydrogen) atoms. The third-order valence-corrected chi connectivity index (χ3v) is 6.17. The summed E-state index contributed by atoms with van der Waals surface area (Å²) in [4.78, 5) is 0.249. The number of anilines is 1. The van der Waals surface area contributed by atoms with Gasteiger partial charge in [-0.3, -0.25) is 0 Å². The van der Waals surface area contributed by atoms with Crippen LogP contribution < -0.4 is 10.5 Å². The number of hydrogen-bond donors (Lipinski definition) is 2. The van der Waals surface area contributed by atoms with Crippen LogP contribution in [0.2, 0.25) is 0 Å². The van der Waals surface area contributed by atoms with E-state index in [2.05, 4.69) is 27.6 Å². The Morgan fingerprint density at radius 2 is 2.11 bits per heavy atom. The van der Waals surface area contributed by atoms with Gasteiger partial charge in [0.05, 0.1) is 4.90 Å². The lowest BCUT2D eigenvalue weighted by Crippen LogP contribution is -2.41. The molecule has 0 unspecified atom stereocenters. The van der Waals surface area contributed by atoms with Crippen molar-refractivity contribution in [2.45, 2.75) is 37.5 Å². The van der Waals surface area contributed by atoms with E-state index in [4.69, 9.17) is 5.73 Å². The van der Waals surface area contributed by atoms with Gasteiger partial charge in [-0.25, -0.2) is 13.1 Å². The van der Waals surface area contributed by atoms with Gasteiger partial charge in [-0.1, -0.05) is 13.3 Å². The van der Waals surface area contributed by atoms with Gasteiger partial charge in [0.1, 0.15) is 0 Å². The smallest absolute Gasteiger partial charge is 0.240 e. The zero-order chi connectivity index (χ0) is 14.1. The minimum absolute atomic E-state index is 0.165. The van der Waals surface area contributed by atoms with Crippen LogP contribution in [0.4, 0.5) is 5.69 Å². The summed E-state index contributed by atoms with van der Waals surface area (Å²) in [7, 11) is -3.45. The maximum atomic E-state index is 12.2. The van der Waals surface area contributed by atoms with Crippen molar-refractivity contribution in [2.24, 2.45) is 5.41 Å². The Labute approximate surface area is 122 Å². The van der Waals surface area contributed by atoms with Gasteiger partial charge in [0.25, 0.3) is 0 Å². The fraction of sp³-hybridized carbons (Fsp3) is 0.538. The minimum atomic E-state index is -3.45. The molecule has 1 fully saturated rings. The molecule has 1 aromatic carbocycles. The number of nitrogens with one attached hydrogen (secondary N) is 1. The highest BCUT2D eigenvalue weighted by atomic mass is 79.9. The Morgan fingerprint density at radius 1 is 1.42 bits per heavy atom. The van der Waals surface area contributed by atoms with E-state index < -0.39 is 10.0 Å². The lowest BCUT2D eigenvalue weighted by molar-refractivity contribution is 0.133. The highest BCUT2D eigenvalue weighted by Crippen LogP contribution is 2.43. The van der Waals surface area contributed by atoms with Gasteiger partial charge in [-0.15, -0.1) is 0 Å². The summed E-state index contributed by atoms with van der Waals surface area (Å²) in [5, 5.41) is 0. The van der Waals surface area contributed by atoms with Crippen LogP contribution in [-0.4, -0.2) is 15.0 Å². The molecule has 3 N–H and O–H groups in total. The molecule has 6 heteroatoms. The van der Waals surface area contributed by atoms with E-state index in [9.17, 15) is 8.42 Å². The summed E-state index contributed by atoms with van der Waals surface area (Å²) in [6, 6.07) is 4.66. The van der Waals surface area contributed by atoms with Gasteiger partial charge in [-0.2, -0.15) is 0 Å². The van der Waals surface area contributed by atoms with Crippen LogP contribution in [0.3, 0.4) is 0 Å². The van der Waals surface area contributed by atoms with E-state index in [0.717, 1.165) is 19.3 Å². The molecule has 0 bridgehead atoms. The van der Waals surface area contributed by atoms with Crippen LogP contribution >= 0.6 is 15.9 Å². The standard InChI is InChI=1S/C13H19BrN2O2S/c1-2-13(6-3-7-13)9-16-19(17,18)10-4-5-12(15)11(14)8-10/h4-5,8,16H,2-3,6-7,9,15H2,1H3. The van der Waals surface area contributed by atoms with E-state index in [-0.39, 0.29) is 10.3 Å². The molecule has 1 aliphatic carbocycles. The third-order valence-electron chi connectivity index (χ3n) is 4.08. The summed E-state index contributed by atoms with van der Waals surface area (Å²) < 4.78 is 27.8. The number of hydrogen-bond acceptors (Lipinski definition) is 3. The number of halogens is 1. The number of nitrogens with two attached hydrogens (primary N) is 1.